The second-order valence-electron chi connectivity index (χ2n) is 3.62. The topological polar surface area (TPSA) is 29.1 Å². The molecule has 0 aliphatic heterocycles. The predicted molar refractivity (Wildman–Crippen MR) is 54.3 cm³/mol. The largest absolute Gasteiger partial charge is 0.355 e. The molecule has 1 unspecified atom stereocenters. The van der Waals surface area contributed by atoms with Crippen molar-refractivity contribution in [2.24, 2.45) is 5.41 Å². The lowest BCUT2D eigenvalue weighted by molar-refractivity contribution is -0.119. The summed E-state index contributed by atoms with van der Waals surface area (Å²) in [6.45, 7) is 4.47. The minimum Gasteiger partial charge on any atom is -0.355 e. The van der Waals surface area contributed by atoms with Crippen molar-refractivity contribution in [3.8, 4) is 0 Å². The highest BCUT2D eigenvalue weighted by molar-refractivity contribution is 5.72. The smallest absolute Gasteiger partial charge is 0.216 e. The van der Waals surface area contributed by atoms with Crippen molar-refractivity contribution in [1.29, 1.82) is 0 Å². The minimum atomic E-state index is 0.0516. The molecule has 0 aromatic rings. The van der Waals surface area contributed by atoms with E-state index in [0.29, 0.717) is 0 Å². The van der Waals surface area contributed by atoms with Gasteiger partial charge in [-0.25, -0.2) is 0 Å². The van der Waals surface area contributed by atoms with Crippen LogP contribution in [0.2, 0.25) is 0 Å². The van der Waals surface area contributed by atoms with Crippen LogP contribution < -0.4 is 5.32 Å². The molecular weight excluding hydrogens is 162 g/mol. The predicted octanol–water partition coefficient (Wildman–Crippen LogP) is 2.04. The maximum Gasteiger partial charge on any atom is 0.216 e. The van der Waals surface area contributed by atoms with E-state index in [0.717, 1.165) is 19.4 Å². The molecule has 1 rings (SSSR count). The van der Waals surface area contributed by atoms with Crippen LogP contribution in [-0.4, -0.2) is 12.5 Å². The van der Waals surface area contributed by atoms with E-state index < -0.39 is 0 Å². The molecule has 0 fully saturated rings. The van der Waals surface area contributed by atoms with Crippen molar-refractivity contribution >= 4 is 5.91 Å². The Kier molecular flexibility index (Phi) is 3.29. The highest BCUT2D eigenvalue weighted by Gasteiger charge is 2.24. The maximum absolute atomic E-state index is 10.8. The van der Waals surface area contributed by atoms with Gasteiger partial charge in [0.15, 0.2) is 0 Å². The number of carbonyl (C=O) groups is 1. The lowest BCUT2D eigenvalue weighted by atomic mass is 9.79. The zero-order chi connectivity index (χ0) is 9.73. The Bertz CT molecular complexity index is 242. The van der Waals surface area contributed by atoms with Crippen LogP contribution in [0.25, 0.3) is 0 Å². The van der Waals surface area contributed by atoms with Crippen molar-refractivity contribution < 1.29 is 4.79 Å². The highest BCUT2D eigenvalue weighted by atomic mass is 16.1. The summed E-state index contributed by atoms with van der Waals surface area (Å²) >= 11 is 0. The van der Waals surface area contributed by atoms with Gasteiger partial charge < -0.3 is 5.32 Å². The second kappa shape index (κ2) is 4.26. The van der Waals surface area contributed by atoms with E-state index in [9.17, 15) is 4.79 Å². The van der Waals surface area contributed by atoms with Crippen LogP contribution in [-0.2, 0) is 4.79 Å². The zero-order valence-corrected chi connectivity index (χ0v) is 8.34. The van der Waals surface area contributed by atoms with Crippen molar-refractivity contribution in [1.82, 2.24) is 5.32 Å². The Labute approximate surface area is 79.7 Å². The number of carbonyl (C=O) groups excluding carboxylic acids is 1. The summed E-state index contributed by atoms with van der Waals surface area (Å²) in [7, 11) is 0. The lowest BCUT2D eigenvalue weighted by Crippen LogP contribution is -2.35. The molecule has 0 saturated carbocycles. The van der Waals surface area contributed by atoms with Gasteiger partial charge in [0.25, 0.3) is 0 Å². The number of rotatable bonds is 3. The van der Waals surface area contributed by atoms with Crippen molar-refractivity contribution in [2.45, 2.75) is 26.7 Å². The molecule has 0 heterocycles. The number of nitrogens with one attached hydrogen (secondary N) is 1. The van der Waals surface area contributed by atoms with Gasteiger partial charge in [-0.05, 0) is 12.8 Å². The zero-order valence-electron chi connectivity index (χ0n) is 8.34. The van der Waals surface area contributed by atoms with E-state index in [-0.39, 0.29) is 11.3 Å². The van der Waals surface area contributed by atoms with Crippen LogP contribution in [0.5, 0.6) is 0 Å². The van der Waals surface area contributed by atoms with Crippen LogP contribution in [0.1, 0.15) is 26.7 Å². The van der Waals surface area contributed by atoms with E-state index in [1.807, 2.05) is 0 Å². The number of amides is 1. The molecule has 2 nitrogen and oxygen atoms in total. The van der Waals surface area contributed by atoms with E-state index >= 15 is 0 Å². The Balaban J connectivity index is 2.55. The molecule has 0 saturated heterocycles. The van der Waals surface area contributed by atoms with Crippen LogP contribution in [0, 0.1) is 5.41 Å². The maximum atomic E-state index is 10.8. The summed E-state index contributed by atoms with van der Waals surface area (Å²) in [6.07, 6.45) is 10.6. The summed E-state index contributed by atoms with van der Waals surface area (Å²) in [5.41, 5.74) is 0.153. The molecular formula is C11H17NO. The number of hydrogen-bond donors (Lipinski definition) is 1. The first-order valence-electron chi connectivity index (χ1n) is 4.77. The van der Waals surface area contributed by atoms with Gasteiger partial charge in [-0.3, -0.25) is 4.79 Å². The summed E-state index contributed by atoms with van der Waals surface area (Å²) in [6, 6.07) is 0. The SMILES string of the molecule is CCC1(CNC(C)=O)C=CC=CC1. The van der Waals surface area contributed by atoms with Gasteiger partial charge >= 0.3 is 0 Å². The average molecular weight is 179 g/mol. The summed E-state index contributed by atoms with van der Waals surface area (Å²) in [4.78, 5) is 10.8. The van der Waals surface area contributed by atoms with Gasteiger partial charge in [0.1, 0.15) is 0 Å². The molecule has 0 aromatic heterocycles. The quantitative estimate of drug-likeness (QED) is 0.705. The fraction of sp³-hybridized carbons (Fsp3) is 0.545. The molecule has 1 atom stereocenters. The van der Waals surface area contributed by atoms with Gasteiger partial charge in [-0.2, -0.15) is 0 Å². The van der Waals surface area contributed by atoms with Crippen LogP contribution >= 0.6 is 0 Å². The molecule has 1 amide bonds. The first-order chi connectivity index (χ1) is 6.18. The third kappa shape index (κ3) is 2.72. The van der Waals surface area contributed by atoms with Crippen molar-refractivity contribution in [3.63, 3.8) is 0 Å². The van der Waals surface area contributed by atoms with Crippen molar-refractivity contribution in [3.05, 3.63) is 24.3 Å². The molecule has 0 spiro atoms. The molecule has 0 aromatic carbocycles. The molecule has 13 heavy (non-hydrogen) atoms. The molecule has 2 heteroatoms. The normalized spacial score (nSPS) is 26.0. The monoisotopic (exact) mass is 179 g/mol. The summed E-state index contributed by atoms with van der Waals surface area (Å²) in [5.74, 6) is 0.0516. The Morgan fingerprint density at radius 2 is 2.31 bits per heavy atom. The van der Waals surface area contributed by atoms with Gasteiger partial charge in [0, 0.05) is 18.9 Å². The fourth-order valence-corrected chi connectivity index (χ4v) is 1.53. The molecule has 0 radical (unpaired) electrons. The van der Waals surface area contributed by atoms with Gasteiger partial charge in [-0.1, -0.05) is 31.2 Å². The third-order valence-electron chi connectivity index (χ3n) is 2.61. The molecule has 72 valence electrons. The summed E-state index contributed by atoms with van der Waals surface area (Å²) < 4.78 is 0. The standard InChI is InChI=1S/C11H17NO/c1-3-11(9-12-10(2)13)7-5-4-6-8-11/h4-7H,3,8-9H2,1-2H3,(H,12,13). The van der Waals surface area contributed by atoms with Crippen LogP contribution in [0.4, 0.5) is 0 Å². The van der Waals surface area contributed by atoms with Gasteiger partial charge in [-0.15, -0.1) is 0 Å². The minimum absolute atomic E-state index is 0.0516. The first-order valence-corrected chi connectivity index (χ1v) is 4.77. The van der Waals surface area contributed by atoms with E-state index in [2.05, 4.69) is 36.5 Å². The molecule has 1 aliphatic carbocycles. The third-order valence-corrected chi connectivity index (χ3v) is 2.61. The second-order valence-corrected chi connectivity index (χ2v) is 3.62. The first kappa shape index (κ1) is 10.0. The Morgan fingerprint density at radius 1 is 1.54 bits per heavy atom. The molecule has 1 N–H and O–H groups in total. The van der Waals surface area contributed by atoms with Gasteiger partial charge in [0.2, 0.25) is 5.91 Å². The van der Waals surface area contributed by atoms with E-state index in [1.54, 1.807) is 6.92 Å². The number of allylic oxidation sites excluding steroid dienone is 3. The summed E-state index contributed by atoms with van der Waals surface area (Å²) in [5, 5.41) is 2.88. The highest BCUT2D eigenvalue weighted by Crippen LogP contribution is 2.30. The lowest BCUT2D eigenvalue weighted by Gasteiger charge is -2.29. The van der Waals surface area contributed by atoms with E-state index in [1.165, 1.54) is 0 Å². The molecule has 0 bridgehead atoms. The number of hydrogen-bond acceptors (Lipinski definition) is 1. The van der Waals surface area contributed by atoms with Crippen LogP contribution in [0.3, 0.4) is 0 Å². The average Bonchev–Trinajstić information content (AvgIpc) is 2.16. The fourth-order valence-electron chi connectivity index (χ4n) is 1.53. The Morgan fingerprint density at radius 3 is 2.77 bits per heavy atom. The van der Waals surface area contributed by atoms with Gasteiger partial charge in [0.05, 0.1) is 0 Å². The van der Waals surface area contributed by atoms with Crippen LogP contribution in [0.15, 0.2) is 24.3 Å². The van der Waals surface area contributed by atoms with E-state index in [4.69, 9.17) is 0 Å². The molecule has 1 aliphatic rings. The van der Waals surface area contributed by atoms with Crippen molar-refractivity contribution in [2.75, 3.05) is 6.54 Å². The Hall–Kier alpha value is -1.05.